The van der Waals surface area contributed by atoms with E-state index in [2.05, 4.69) is 10.2 Å². The molecule has 0 spiro atoms. The molecule has 1 aliphatic heterocycles. The number of hydrogen-bond acceptors (Lipinski definition) is 5. The van der Waals surface area contributed by atoms with Crippen LogP contribution in [0.1, 0.15) is 11.6 Å². The minimum Gasteiger partial charge on any atom is -0.488 e. The van der Waals surface area contributed by atoms with Crippen LogP contribution in [0, 0.1) is 0 Å². The molecule has 1 aromatic heterocycles. The highest BCUT2D eigenvalue weighted by atomic mass is 16.5. The molecule has 2 aromatic carbocycles. The first-order valence-electron chi connectivity index (χ1n) is 7.86. The van der Waals surface area contributed by atoms with Gasteiger partial charge in [-0.05, 0) is 17.7 Å². The van der Waals surface area contributed by atoms with Crippen molar-refractivity contribution in [2.45, 2.75) is 12.6 Å². The van der Waals surface area contributed by atoms with Gasteiger partial charge in [-0.25, -0.2) is 0 Å². The Morgan fingerprint density at radius 1 is 1.17 bits per heavy atom. The summed E-state index contributed by atoms with van der Waals surface area (Å²) in [4.78, 5) is 0. The van der Waals surface area contributed by atoms with Crippen LogP contribution >= 0.6 is 0 Å². The number of fused-ring (bicyclic) bond motifs is 3. The van der Waals surface area contributed by atoms with Crippen molar-refractivity contribution in [1.82, 2.24) is 14.8 Å². The van der Waals surface area contributed by atoms with Crippen LogP contribution < -0.4 is 10.5 Å². The van der Waals surface area contributed by atoms with Crippen molar-refractivity contribution in [3.63, 3.8) is 0 Å². The lowest BCUT2D eigenvalue weighted by atomic mass is 10.1. The molecule has 0 bridgehead atoms. The maximum Gasteiger partial charge on any atom is 0.168 e. The highest BCUT2D eigenvalue weighted by molar-refractivity contribution is 5.73. The van der Waals surface area contributed by atoms with Crippen LogP contribution in [0.15, 0.2) is 54.9 Å². The topological polar surface area (TPSA) is 75.2 Å². The summed E-state index contributed by atoms with van der Waals surface area (Å²) in [6.45, 7) is 1.53. The van der Waals surface area contributed by atoms with Gasteiger partial charge in [0.25, 0.3) is 0 Å². The zero-order valence-electron chi connectivity index (χ0n) is 13.1. The van der Waals surface area contributed by atoms with E-state index in [-0.39, 0.29) is 6.04 Å². The van der Waals surface area contributed by atoms with Crippen molar-refractivity contribution in [3.05, 3.63) is 60.4 Å². The molecular weight excluding hydrogens is 304 g/mol. The third-order valence-electron chi connectivity index (χ3n) is 4.09. The highest BCUT2D eigenvalue weighted by Gasteiger charge is 2.25. The van der Waals surface area contributed by atoms with Crippen LogP contribution in [0.5, 0.6) is 5.75 Å². The Morgan fingerprint density at radius 2 is 2.04 bits per heavy atom. The summed E-state index contributed by atoms with van der Waals surface area (Å²) in [5, 5.41) is 8.29. The fourth-order valence-corrected chi connectivity index (χ4v) is 2.87. The van der Waals surface area contributed by atoms with Crippen molar-refractivity contribution in [1.29, 1.82) is 0 Å². The Kier molecular flexibility index (Phi) is 3.88. The van der Waals surface area contributed by atoms with Gasteiger partial charge in [0.1, 0.15) is 12.9 Å². The van der Waals surface area contributed by atoms with Gasteiger partial charge >= 0.3 is 0 Å². The summed E-state index contributed by atoms with van der Waals surface area (Å²) < 4.78 is 13.8. The van der Waals surface area contributed by atoms with Crippen LogP contribution in [0.3, 0.4) is 0 Å². The second-order valence-corrected chi connectivity index (χ2v) is 5.75. The first-order valence-corrected chi connectivity index (χ1v) is 7.86. The van der Waals surface area contributed by atoms with Crippen LogP contribution in [-0.2, 0) is 11.3 Å². The molecule has 0 radical (unpaired) electrons. The fraction of sp³-hybridized carbons (Fsp3) is 0.222. The molecule has 1 aliphatic rings. The molecule has 6 heteroatoms. The Morgan fingerprint density at radius 3 is 2.92 bits per heavy atom. The van der Waals surface area contributed by atoms with E-state index in [9.17, 15) is 0 Å². The summed E-state index contributed by atoms with van der Waals surface area (Å²) in [7, 11) is 0. The molecule has 0 fully saturated rings. The number of para-hydroxylation sites is 1. The first-order chi connectivity index (χ1) is 11.8. The molecule has 2 N–H and O–H groups in total. The minimum atomic E-state index is -0.00878. The van der Waals surface area contributed by atoms with Gasteiger partial charge in [-0.1, -0.05) is 36.4 Å². The normalized spacial score (nSPS) is 15.9. The quantitative estimate of drug-likeness (QED) is 0.747. The van der Waals surface area contributed by atoms with E-state index in [1.807, 2.05) is 53.1 Å². The number of anilines is 1. The Labute approximate surface area is 139 Å². The number of nitrogens with two attached hydrogens (primary N) is 1. The molecule has 122 valence electrons. The molecular formula is C18H18N4O2. The van der Waals surface area contributed by atoms with Crippen molar-refractivity contribution >= 4 is 5.69 Å². The molecule has 0 aliphatic carbocycles. The molecule has 24 heavy (non-hydrogen) atoms. The van der Waals surface area contributed by atoms with Crippen molar-refractivity contribution in [3.8, 4) is 17.1 Å². The monoisotopic (exact) mass is 322 g/mol. The summed E-state index contributed by atoms with van der Waals surface area (Å²) in [5.74, 6) is 1.42. The molecule has 6 nitrogen and oxygen atoms in total. The Hall–Kier alpha value is -2.86. The smallest absolute Gasteiger partial charge is 0.168 e. The first kappa shape index (κ1) is 14.7. The minimum absolute atomic E-state index is 0.00878. The van der Waals surface area contributed by atoms with Crippen molar-refractivity contribution in [2.24, 2.45) is 0 Å². The average Bonchev–Trinajstić information content (AvgIpc) is 3.03. The molecule has 1 atom stereocenters. The molecule has 0 amide bonds. The SMILES string of the molecule is Nc1cccc2c1OCC(COCc1ccccc1)n1cnnc1-2. The molecule has 4 rings (SSSR count). The number of benzene rings is 2. The second-order valence-electron chi connectivity index (χ2n) is 5.75. The molecule has 1 unspecified atom stereocenters. The Bertz CT molecular complexity index is 832. The van der Waals surface area contributed by atoms with Gasteiger partial charge < -0.3 is 19.8 Å². The fourth-order valence-electron chi connectivity index (χ4n) is 2.87. The average molecular weight is 322 g/mol. The lowest BCUT2D eigenvalue weighted by molar-refractivity contribution is 0.0736. The van der Waals surface area contributed by atoms with Crippen molar-refractivity contribution in [2.75, 3.05) is 18.9 Å². The predicted molar refractivity (Wildman–Crippen MR) is 90.5 cm³/mol. The van der Waals surface area contributed by atoms with Gasteiger partial charge in [0.05, 0.1) is 30.5 Å². The van der Waals surface area contributed by atoms with Gasteiger partial charge in [0, 0.05) is 0 Å². The van der Waals surface area contributed by atoms with Crippen LogP contribution in [0.2, 0.25) is 0 Å². The largest absolute Gasteiger partial charge is 0.488 e. The standard InChI is InChI=1S/C18H18N4O2/c19-16-8-4-7-15-17(16)24-11-14(22-12-20-21-18(15)22)10-23-9-13-5-2-1-3-6-13/h1-8,12,14H,9-11,19H2. The van der Waals surface area contributed by atoms with Gasteiger partial charge in [0.15, 0.2) is 11.6 Å². The number of nitrogen functional groups attached to an aromatic ring is 1. The third-order valence-corrected chi connectivity index (χ3v) is 4.09. The summed E-state index contributed by atoms with van der Waals surface area (Å²) in [6, 6.07) is 15.7. The summed E-state index contributed by atoms with van der Waals surface area (Å²) in [6.07, 6.45) is 1.72. The maximum atomic E-state index is 6.04. The number of hydrogen-bond donors (Lipinski definition) is 1. The predicted octanol–water partition coefficient (Wildman–Crippen LogP) is 2.68. The van der Waals surface area contributed by atoms with E-state index < -0.39 is 0 Å². The molecule has 2 heterocycles. The van der Waals surface area contributed by atoms with Crippen LogP contribution in [-0.4, -0.2) is 28.0 Å². The van der Waals surface area contributed by atoms with Gasteiger partial charge in [-0.2, -0.15) is 0 Å². The van der Waals surface area contributed by atoms with E-state index in [4.69, 9.17) is 15.2 Å². The van der Waals surface area contributed by atoms with Crippen LogP contribution in [0.25, 0.3) is 11.4 Å². The summed E-state index contributed by atoms with van der Waals surface area (Å²) in [5.41, 5.74) is 8.65. The Balaban J connectivity index is 1.54. The molecule has 0 saturated heterocycles. The zero-order chi connectivity index (χ0) is 16.4. The summed E-state index contributed by atoms with van der Waals surface area (Å²) >= 11 is 0. The van der Waals surface area contributed by atoms with E-state index in [0.717, 1.165) is 17.0 Å². The van der Waals surface area contributed by atoms with Gasteiger partial charge in [0.2, 0.25) is 0 Å². The van der Waals surface area contributed by atoms with E-state index >= 15 is 0 Å². The van der Waals surface area contributed by atoms with Crippen molar-refractivity contribution < 1.29 is 9.47 Å². The van der Waals surface area contributed by atoms with Gasteiger partial charge in [-0.15, -0.1) is 10.2 Å². The number of ether oxygens (including phenoxy) is 2. The highest BCUT2D eigenvalue weighted by Crippen LogP contribution is 2.37. The van der Waals surface area contributed by atoms with E-state index in [0.29, 0.717) is 31.3 Å². The molecule has 3 aromatic rings. The maximum absolute atomic E-state index is 6.04. The number of nitrogens with zero attached hydrogens (tertiary/aromatic N) is 3. The van der Waals surface area contributed by atoms with Crippen LogP contribution in [0.4, 0.5) is 5.69 Å². The van der Waals surface area contributed by atoms with E-state index in [1.165, 1.54) is 0 Å². The second kappa shape index (κ2) is 6.33. The van der Waals surface area contributed by atoms with E-state index in [1.54, 1.807) is 6.33 Å². The number of aromatic nitrogens is 3. The van der Waals surface area contributed by atoms with Gasteiger partial charge in [-0.3, -0.25) is 0 Å². The lowest BCUT2D eigenvalue weighted by Crippen LogP contribution is -2.21. The molecule has 0 saturated carbocycles. The number of rotatable bonds is 4. The zero-order valence-corrected chi connectivity index (χ0v) is 13.1. The lowest BCUT2D eigenvalue weighted by Gasteiger charge is -2.17. The third kappa shape index (κ3) is 2.72.